The van der Waals surface area contributed by atoms with Gasteiger partial charge in [0.2, 0.25) is 0 Å². The van der Waals surface area contributed by atoms with Crippen molar-refractivity contribution in [2.75, 3.05) is 13.1 Å². The van der Waals surface area contributed by atoms with Crippen LogP contribution in [0.25, 0.3) is 0 Å². The summed E-state index contributed by atoms with van der Waals surface area (Å²) in [7, 11) is 0. The van der Waals surface area contributed by atoms with E-state index in [1.54, 1.807) is 0 Å². The highest BCUT2D eigenvalue weighted by Crippen LogP contribution is 2.37. The first-order chi connectivity index (χ1) is 6.48. The van der Waals surface area contributed by atoms with E-state index in [2.05, 4.69) is 25.7 Å². The van der Waals surface area contributed by atoms with Crippen LogP contribution in [0.1, 0.15) is 40.0 Å². The molecular formula is C12H23NO. The molecule has 2 atom stereocenters. The lowest BCUT2D eigenvalue weighted by molar-refractivity contribution is -0.0679. The van der Waals surface area contributed by atoms with E-state index in [1.165, 1.54) is 32.4 Å². The average Bonchev–Trinajstić information content (AvgIpc) is 2.17. The molecule has 0 saturated carbocycles. The Hall–Kier alpha value is -0.0800. The van der Waals surface area contributed by atoms with Crippen molar-refractivity contribution in [3.8, 4) is 0 Å². The quantitative estimate of drug-likeness (QED) is 0.694. The Kier molecular flexibility index (Phi) is 2.61. The highest BCUT2D eigenvalue weighted by Gasteiger charge is 2.41. The van der Waals surface area contributed by atoms with Gasteiger partial charge in [0.25, 0.3) is 0 Å². The van der Waals surface area contributed by atoms with Crippen molar-refractivity contribution >= 4 is 0 Å². The van der Waals surface area contributed by atoms with Crippen LogP contribution < -0.4 is 0 Å². The Morgan fingerprint density at radius 1 is 1.21 bits per heavy atom. The van der Waals surface area contributed by atoms with E-state index in [0.717, 1.165) is 5.92 Å². The van der Waals surface area contributed by atoms with E-state index < -0.39 is 0 Å². The van der Waals surface area contributed by atoms with Gasteiger partial charge in [-0.15, -0.1) is 0 Å². The van der Waals surface area contributed by atoms with Crippen molar-refractivity contribution in [3.63, 3.8) is 0 Å². The Labute approximate surface area is 87.3 Å². The van der Waals surface area contributed by atoms with Crippen LogP contribution in [0, 0.1) is 11.3 Å². The van der Waals surface area contributed by atoms with Gasteiger partial charge in [-0.3, -0.25) is 4.90 Å². The first kappa shape index (κ1) is 10.4. The number of rotatable bonds is 1. The normalized spacial score (nSPS) is 39.9. The molecular weight excluding hydrogens is 174 g/mol. The van der Waals surface area contributed by atoms with Gasteiger partial charge < -0.3 is 5.11 Å². The summed E-state index contributed by atoms with van der Waals surface area (Å²) in [5, 5.41) is 10.3. The maximum Gasteiger partial charge on any atom is 0.0743 e. The lowest BCUT2D eigenvalue weighted by Crippen LogP contribution is -2.56. The van der Waals surface area contributed by atoms with Crippen LogP contribution in [-0.2, 0) is 0 Å². The van der Waals surface area contributed by atoms with Gasteiger partial charge in [-0.25, -0.2) is 0 Å². The first-order valence-electron chi connectivity index (χ1n) is 5.90. The highest BCUT2D eigenvalue weighted by molar-refractivity contribution is 4.94. The third kappa shape index (κ3) is 1.82. The van der Waals surface area contributed by atoms with Crippen LogP contribution in [0.4, 0.5) is 0 Å². The van der Waals surface area contributed by atoms with Crippen LogP contribution in [0.2, 0.25) is 0 Å². The number of fused-ring (bicyclic) bond motifs is 3. The molecule has 2 nitrogen and oxygen atoms in total. The second-order valence-corrected chi connectivity index (χ2v) is 6.09. The molecule has 2 heteroatoms. The molecule has 3 aliphatic rings. The molecule has 0 aliphatic carbocycles. The number of hydrogen-bond acceptors (Lipinski definition) is 2. The number of nitrogens with zero attached hydrogens (tertiary/aromatic N) is 1. The molecule has 3 rings (SSSR count). The van der Waals surface area contributed by atoms with Gasteiger partial charge in [0, 0.05) is 6.04 Å². The predicted octanol–water partition coefficient (Wildman–Crippen LogP) is 1.88. The Morgan fingerprint density at radius 3 is 2.14 bits per heavy atom. The minimum atomic E-state index is -0.161. The fraction of sp³-hybridized carbons (Fsp3) is 1.00. The zero-order valence-corrected chi connectivity index (χ0v) is 9.66. The van der Waals surface area contributed by atoms with Gasteiger partial charge in [0.1, 0.15) is 0 Å². The molecule has 0 amide bonds. The molecule has 3 fully saturated rings. The van der Waals surface area contributed by atoms with Gasteiger partial charge in [0.15, 0.2) is 0 Å². The number of aliphatic hydroxyl groups is 1. The summed E-state index contributed by atoms with van der Waals surface area (Å²) in [5.41, 5.74) is 0.0299. The molecule has 3 heterocycles. The topological polar surface area (TPSA) is 23.5 Å². The van der Waals surface area contributed by atoms with Gasteiger partial charge in [0.05, 0.1) is 6.10 Å². The van der Waals surface area contributed by atoms with Crippen molar-refractivity contribution in [2.24, 2.45) is 11.3 Å². The lowest BCUT2D eigenvalue weighted by atomic mass is 9.75. The molecule has 14 heavy (non-hydrogen) atoms. The predicted molar refractivity (Wildman–Crippen MR) is 58.2 cm³/mol. The molecule has 82 valence electrons. The van der Waals surface area contributed by atoms with E-state index in [9.17, 15) is 5.11 Å². The molecule has 0 aromatic carbocycles. The van der Waals surface area contributed by atoms with Gasteiger partial charge >= 0.3 is 0 Å². The molecule has 3 aliphatic heterocycles. The summed E-state index contributed by atoms with van der Waals surface area (Å²) in [5.74, 6) is 0.891. The first-order valence-corrected chi connectivity index (χ1v) is 5.90. The molecule has 0 aromatic heterocycles. The van der Waals surface area contributed by atoms with E-state index in [-0.39, 0.29) is 11.5 Å². The van der Waals surface area contributed by atoms with E-state index in [1.807, 2.05) is 0 Å². The molecule has 0 spiro atoms. The zero-order valence-electron chi connectivity index (χ0n) is 9.66. The van der Waals surface area contributed by atoms with E-state index in [4.69, 9.17) is 0 Å². The third-order valence-electron chi connectivity index (χ3n) is 3.94. The summed E-state index contributed by atoms with van der Waals surface area (Å²) >= 11 is 0. The fourth-order valence-electron chi connectivity index (χ4n) is 2.92. The third-order valence-corrected chi connectivity index (χ3v) is 3.94. The molecule has 3 saturated heterocycles. The standard InChI is InChI=1S/C12H23NO/c1-12(2,3)11(14)10-8-9-4-6-13(10)7-5-9/h9-11,14H,4-8H2,1-3H3/t10-,11-/m0/s1. The van der Waals surface area contributed by atoms with Crippen LogP contribution in [0.3, 0.4) is 0 Å². The average molecular weight is 197 g/mol. The van der Waals surface area contributed by atoms with Crippen LogP contribution in [0.15, 0.2) is 0 Å². The highest BCUT2D eigenvalue weighted by atomic mass is 16.3. The maximum atomic E-state index is 10.3. The monoisotopic (exact) mass is 197 g/mol. The minimum absolute atomic E-state index is 0.0299. The maximum absolute atomic E-state index is 10.3. The van der Waals surface area contributed by atoms with Crippen LogP contribution in [-0.4, -0.2) is 35.2 Å². The SMILES string of the molecule is CC(C)(C)[C@@H](O)[C@@H]1CC2CCN1CC2. The second kappa shape index (κ2) is 3.49. The van der Waals surface area contributed by atoms with Gasteiger partial charge in [-0.1, -0.05) is 20.8 Å². The van der Waals surface area contributed by atoms with Crippen LogP contribution in [0.5, 0.6) is 0 Å². The summed E-state index contributed by atoms with van der Waals surface area (Å²) in [6, 6.07) is 0.433. The molecule has 2 bridgehead atoms. The Balaban J connectivity index is 2.05. The largest absolute Gasteiger partial charge is 0.391 e. The van der Waals surface area contributed by atoms with Crippen molar-refractivity contribution in [2.45, 2.75) is 52.2 Å². The number of piperidine rings is 3. The molecule has 1 N–H and O–H groups in total. The summed E-state index contributed by atoms with van der Waals surface area (Å²) in [6.45, 7) is 8.84. The summed E-state index contributed by atoms with van der Waals surface area (Å²) in [6.07, 6.45) is 3.77. The van der Waals surface area contributed by atoms with E-state index >= 15 is 0 Å². The minimum Gasteiger partial charge on any atom is -0.391 e. The Bertz CT molecular complexity index is 201. The van der Waals surface area contributed by atoms with Gasteiger partial charge in [-0.05, 0) is 43.7 Å². The van der Waals surface area contributed by atoms with Crippen molar-refractivity contribution in [1.29, 1.82) is 0 Å². The van der Waals surface area contributed by atoms with Crippen molar-refractivity contribution < 1.29 is 5.11 Å². The summed E-state index contributed by atoms with van der Waals surface area (Å²) in [4.78, 5) is 2.50. The van der Waals surface area contributed by atoms with E-state index in [0.29, 0.717) is 6.04 Å². The number of aliphatic hydroxyl groups excluding tert-OH is 1. The van der Waals surface area contributed by atoms with Crippen molar-refractivity contribution in [1.82, 2.24) is 4.90 Å². The molecule has 0 radical (unpaired) electrons. The second-order valence-electron chi connectivity index (χ2n) is 6.09. The smallest absolute Gasteiger partial charge is 0.0743 e. The zero-order chi connectivity index (χ0) is 10.3. The Morgan fingerprint density at radius 2 is 1.79 bits per heavy atom. The molecule has 0 aromatic rings. The number of hydrogen-bond donors (Lipinski definition) is 1. The fourth-order valence-corrected chi connectivity index (χ4v) is 2.92. The molecule has 0 unspecified atom stereocenters. The van der Waals surface area contributed by atoms with Crippen LogP contribution >= 0.6 is 0 Å². The van der Waals surface area contributed by atoms with Crippen molar-refractivity contribution in [3.05, 3.63) is 0 Å². The van der Waals surface area contributed by atoms with Gasteiger partial charge in [-0.2, -0.15) is 0 Å². The summed E-state index contributed by atoms with van der Waals surface area (Å²) < 4.78 is 0. The lowest BCUT2D eigenvalue weighted by Gasteiger charge is -2.49.